The molecule has 2 aromatic rings. The van der Waals surface area contributed by atoms with Crippen LogP contribution in [0.15, 0.2) is 36.8 Å². The van der Waals surface area contributed by atoms with Gasteiger partial charge in [0.1, 0.15) is 5.69 Å². The van der Waals surface area contributed by atoms with Crippen LogP contribution < -0.4 is 0 Å². The van der Waals surface area contributed by atoms with Gasteiger partial charge in [0.15, 0.2) is 5.82 Å². The molecule has 1 atom stereocenters. The van der Waals surface area contributed by atoms with Crippen LogP contribution in [0.1, 0.15) is 24.8 Å². The molecule has 1 spiro atoms. The van der Waals surface area contributed by atoms with E-state index in [1.54, 1.807) is 18.1 Å². The third kappa shape index (κ3) is 3.24. The number of aliphatic carboxylic acids is 1. The number of aromatic nitrogens is 3. The molecule has 1 N–H and O–H groups in total. The highest BCUT2D eigenvalue weighted by atomic mass is 16.4. The molecular formula is C20H23N5O3. The van der Waals surface area contributed by atoms with Crippen LogP contribution >= 0.6 is 0 Å². The topological polar surface area (TPSA) is 99.5 Å². The van der Waals surface area contributed by atoms with Gasteiger partial charge in [-0.2, -0.15) is 0 Å². The Labute approximate surface area is 163 Å². The van der Waals surface area contributed by atoms with Crippen LogP contribution in [0.4, 0.5) is 0 Å². The summed E-state index contributed by atoms with van der Waals surface area (Å²) in [4.78, 5) is 40.8. The van der Waals surface area contributed by atoms with Crippen molar-refractivity contribution < 1.29 is 14.7 Å². The van der Waals surface area contributed by atoms with Crippen molar-refractivity contribution in [1.82, 2.24) is 24.8 Å². The first kappa shape index (κ1) is 18.5. The number of carboxylic acid groups (broad SMARTS) is 1. The Morgan fingerprint density at radius 3 is 2.54 bits per heavy atom. The highest BCUT2D eigenvalue weighted by Gasteiger charge is 2.55. The molecule has 28 heavy (non-hydrogen) atoms. The van der Waals surface area contributed by atoms with Crippen molar-refractivity contribution in [2.24, 2.45) is 5.92 Å². The lowest BCUT2D eigenvalue weighted by atomic mass is 9.77. The zero-order chi connectivity index (χ0) is 19.7. The van der Waals surface area contributed by atoms with Gasteiger partial charge in [-0.3, -0.25) is 19.5 Å². The average Bonchev–Trinajstić information content (AvgIpc) is 2.96. The summed E-state index contributed by atoms with van der Waals surface area (Å²) < 4.78 is 0. The molecule has 8 heteroatoms. The Morgan fingerprint density at radius 2 is 1.93 bits per heavy atom. The van der Waals surface area contributed by atoms with Gasteiger partial charge in [0.05, 0.1) is 11.5 Å². The fourth-order valence-electron chi connectivity index (χ4n) is 4.40. The zero-order valence-electron chi connectivity index (χ0n) is 15.8. The second kappa shape index (κ2) is 7.27. The Bertz CT molecular complexity index is 863. The van der Waals surface area contributed by atoms with Crippen molar-refractivity contribution in [3.8, 4) is 11.5 Å². The second-order valence-corrected chi connectivity index (χ2v) is 7.56. The van der Waals surface area contributed by atoms with E-state index in [9.17, 15) is 14.7 Å². The van der Waals surface area contributed by atoms with Crippen LogP contribution in [0.25, 0.3) is 11.5 Å². The van der Waals surface area contributed by atoms with Crippen molar-refractivity contribution >= 4 is 11.9 Å². The van der Waals surface area contributed by atoms with Gasteiger partial charge in [-0.05, 0) is 25.0 Å². The standard InChI is InChI=1S/C20H23N5O3/c1-24-17(26)10-15(19(27)28)20(24)5-8-25(9-6-20)13-14-11-22-18(23-12-14)16-4-2-3-7-21-16/h2-4,7,11-12,15H,5-6,8-10,13H2,1H3,(H,27,28)/t15-/m0/s1. The first-order valence-electron chi connectivity index (χ1n) is 9.44. The van der Waals surface area contributed by atoms with Crippen molar-refractivity contribution in [1.29, 1.82) is 0 Å². The quantitative estimate of drug-likeness (QED) is 0.855. The maximum absolute atomic E-state index is 12.1. The lowest BCUT2D eigenvalue weighted by Gasteiger charge is -2.45. The van der Waals surface area contributed by atoms with E-state index in [1.165, 1.54) is 0 Å². The molecule has 8 nitrogen and oxygen atoms in total. The van der Waals surface area contributed by atoms with E-state index >= 15 is 0 Å². The minimum Gasteiger partial charge on any atom is -0.481 e. The molecule has 0 aliphatic carbocycles. The van der Waals surface area contributed by atoms with E-state index < -0.39 is 17.4 Å². The summed E-state index contributed by atoms with van der Waals surface area (Å²) in [5.41, 5.74) is 1.18. The first-order valence-corrected chi connectivity index (χ1v) is 9.44. The SMILES string of the molecule is CN1C(=O)C[C@@H](C(=O)O)C12CCN(Cc1cnc(-c3ccccn3)nc1)CC2. The Kier molecular flexibility index (Phi) is 4.80. The number of likely N-dealkylation sites (tertiary alicyclic amines) is 2. The largest absolute Gasteiger partial charge is 0.481 e. The summed E-state index contributed by atoms with van der Waals surface area (Å²) in [5.74, 6) is -0.963. The van der Waals surface area contributed by atoms with E-state index in [2.05, 4.69) is 19.9 Å². The van der Waals surface area contributed by atoms with E-state index in [-0.39, 0.29) is 12.3 Å². The minimum absolute atomic E-state index is 0.0700. The van der Waals surface area contributed by atoms with E-state index in [0.717, 1.165) is 24.3 Å². The number of carboxylic acids is 1. The second-order valence-electron chi connectivity index (χ2n) is 7.56. The summed E-state index contributed by atoms with van der Waals surface area (Å²) in [6, 6.07) is 5.63. The van der Waals surface area contributed by atoms with Crippen molar-refractivity contribution in [3.63, 3.8) is 0 Å². The number of rotatable bonds is 4. The number of hydrogen-bond donors (Lipinski definition) is 1. The fraction of sp³-hybridized carbons (Fsp3) is 0.450. The molecule has 146 valence electrons. The number of carbonyl (C=O) groups is 2. The number of nitrogens with zero attached hydrogens (tertiary/aromatic N) is 5. The van der Waals surface area contributed by atoms with E-state index in [4.69, 9.17) is 0 Å². The molecule has 2 aliphatic rings. The van der Waals surface area contributed by atoms with Gasteiger partial charge in [0, 0.05) is 57.3 Å². The van der Waals surface area contributed by atoms with Crippen LogP contribution in [-0.2, 0) is 16.1 Å². The van der Waals surface area contributed by atoms with Crippen LogP contribution in [0, 0.1) is 5.92 Å². The minimum atomic E-state index is -0.871. The molecular weight excluding hydrogens is 358 g/mol. The number of piperidine rings is 1. The molecule has 2 aliphatic heterocycles. The molecule has 0 unspecified atom stereocenters. The first-order chi connectivity index (χ1) is 13.5. The van der Waals surface area contributed by atoms with Gasteiger partial charge < -0.3 is 10.0 Å². The molecule has 2 saturated heterocycles. The molecule has 2 fully saturated rings. The molecule has 1 amide bonds. The highest BCUT2D eigenvalue weighted by molar-refractivity contribution is 5.88. The van der Waals surface area contributed by atoms with Gasteiger partial charge in [-0.15, -0.1) is 0 Å². The predicted molar refractivity (Wildman–Crippen MR) is 101 cm³/mol. The highest BCUT2D eigenvalue weighted by Crippen LogP contribution is 2.42. The van der Waals surface area contributed by atoms with Crippen LogP contribution in [0.2, 0.25) is 0 Å². The smallest absolute Gasteiger partial charge is 0.309 e. The van der Waals surface area contributed by atoms with Gasteiger partial charge in [-0.25, -0.2) is 9.97 Å². The molecule has 4 rings (SSSR count). The van der Waals surface area contributed by atoms with Crippen LogP contribution in [-0.4, -0.2) is 67.4 Å². The van der Waals surface area contributed by atoms with Gasteiger partial charge in [0.2, 0.25) is 5.91 Å². The van der Waals surface area contributed by atoms with Gasteiger partial charge in [-0.1, -0.05) is 6.07 Å². The molecule has 0 bridgehead atoms. The summed E-state index contributed by atoms with van der Waals surface area (Å²) in [5, 5.41) is 9.57. The summed E-state index contributed by atoms with van der Waals surface area (Å²) in [6.45, 7) is 2.18. The fourth-order valence-corrected chi connectivity index (χ4v) is 4.40. The Hall–Kier alpha value is -2.87. The molecule has 0 aromatic carbocycles. The summed E-state index contributed by atoms with van der Waals surface area (Å²) in [6.07, 6.45) is 6.78. The number of amides is 1. The van der Waals surface area contributed by atoms with Crippen LogP contribution in [0.3, 0.4) is 0 Å². The normalized spacial score (nSPS) is 22.0. The van der Waals surface area contributed by atoms with Crippen molar-refractivity contribution in [2.75, 3.05) is 20.1 Å². The summed E-state index contributed by atoms with van der Waals surface area (Å²) >= 11 is 0. The Morgan fingerprint density at radius 1 is 1.21 bits per heavy atom. The third-order valence-electron chi connectivity index (χ3n) is 6.09. The van der Waals surface area contributed by atoms with Crippen molar-refractivity contribution in [2.45, 2.75) is 31.3 Å². The lowest BCUT2D eigenvalue weighted by molar-refractivity contribution is -0.146. The molecule has 4 heterocycles. The average molecular weight is 381 g/mol. The maximum Gasteiger partial charge on any atom is 0.309 e. The Balaban J connectivity index is 1.41. The van der Waals surface area contributed by atoms with E-state index in [1.807, 2.05) is 30.6 Å². The zero-order valence-corrected chi connectivity index (χ0v) is 15.8. The number of pyridine rings is 1. The lowest BCUT2D eigenvalue weighted by Crippen LogP contribution is -2.55. The van der Waals surface area contributed by atoms with Crippen molar-refractivity contribution in [3.05, 3.63) is 42.4 Å². The predicted octanol–water partition coefficient (Wildman–Crippen LogP) is 1.44. The maximum atomic E-state index is 12.1. The van der Waals surface area contributed by atoms with Crippen LogP contribution in [0.5, 0.6) is 0 Å². The third-order valence-corrected chi connectivity index (χ3v) is 6.09. The van der Waals surface area contributed by atoms with Gasteiger partial charge in [0.25, 0.3) is 0 Å². The van der Waals surface area contributed by atoms with Gasteiger partial charge >= 0.3 is 5.97 Å². The molecule has 2 aromatic heterocycles. The van der Waals surface area contributed by atoms with E-state index in [0.29, 0.717) is 25.2 Å². The monoisotopic (exact) mass is 381 g/mol. The number of carbonyl (C=O) groups excluding carboxylic acids is 1. The summed E-state index contributed by atoms with van der Waals surface area (Å²) in [7, 11) is 1.74. The number of hydrogen-bond acceptors (Lipinski definition) is 6. The molecule has 0 radical (unpaired) electrons. The molecule has 0 saturated carbocycles.